The van der Waals surface area contributed by atoms with Crippen LogP contribution in [0.3, 0.4) is 0 Å². The largest absolute Gasteiger partial charge is 0.421 e. The average Bonchev–Trinajstić information content (AvgIpc) is 3.03. The monoisotopic (exact) mass is 426 g/mol. The molecule has 0 fully saturated rings. The summed E-state index contributed by atoms with van der Waals surface area (Å²) in [6.45, 7) is 3.63. The molecule has 0 aliphatic heterocycles. The normalized spacial score (nSPS) is 11.4. The van der Waals surface area contributed by atoms with Crippen molar-refractivity contribution in [2.75, 3.05) is 31.1 Å². The number of unbranched alkanes of at least 4 members (excludes halogenated alkanes) is 2. The van der Waals surface area contributed by atoms with Crippen molar-refractivity contribution < 1.29 is 4.57 Å². The quantitative estimate of drug-likeness (QED) is 0.219. The number of halogens is 2. The van der Waals surface area contributed by atoms with Gasteiger partial charge in [0, 0.05) is 37.0 Å². The number of aromatic nitrogens is 2. The molecule has 0 atom stereocenters. The van der Waals surface area contributed by atoms with Gasteiger partial charge in [0.05, 0.1) is 26.5 Å². The number of hydrogen-bond acceptors (Lipinski definition) is 5. The lowest BCUT2D eigenvalue weighted by Crippen LogP contribution is -2.26. The Balaban J connectivity index is 1.99. The van der Waals surface area contributed by atoms with Gasteiger partial charge in [0.25, 0.3) is 0 Å². The van der Waals surface area contributed by atoms with Crippen LogP contribution in [0.1, 0.15) is 25.7 Å². The van der Waals surface area contributed by atoms with Gasteiger partial charge < -0.3 is 4.90 Å². The summed E-state index contributed by atoms with van der Waals surface area (Å²) in [7, 11) is 3.91. The van der Waals surface area contributed by atoms with Crippen molar-refractivity contribution in [1.82, 2.24) is 14.2 Å². The van der Waals surface area contributed by atoms with Crippen LogP contribution in [0.4, 0.5) is 17.3 Å². The highest BCUT2D eigenvalue weighted by Gasteiger charge is 2.11. The number of nitrogens with one attached hydrogen (secondary N) is 2. The van der Waals surface area contributed by atoms with Crippen LogP contribution in [0, 0.1) is 0 Å². The van der Waals surface area contributed by atoms with Gasteiger partial charge >= 0.3 is 5.95 Å². The maximum Gasteiger partial charge on any atom is 0.421 e. The fourth-order valence-electron chi connectivity index (χ4n) is 2.91. The molecule has 2 aromatic rings. The minimum absolute atomic E-state index is 0.798. The van der Waals surface area contributed by atoms with Crippen LogP contribution in [0.5, 0.6) is 0 Å². The van der Waals surface area contributed by atoms with Gasteiger partial charge in [0.15, 0.2) is 0 Å². The van der Waals surface area contributed by atoms with Crippen LogP contribution < -0.4 is 19.1 Å². The number of aryl methyl sites for hydroxylation is 2. The number of rotatable bonds is 13. The van der Waals surface area contributed by atoms with Crippen molar-refractivity contribution in [3.8, 4) is 0 Å². The molecule has 0 bridgehead atoms. The molecule has 1 heterocycles. The van der Waals surface area contributed by atoms with Gasteiger partial charge in [0.2, 0.25) is 0 Å². The van der Waals surface area contributed by atoms with Crippen molar-refractivity contribution >= 4 is 40.9 Å². The summed E-state index contributed by atoms with van der Waals surface area (Å²) in [6.07, 6.45) is 8.16. The smallest absolute Gasteiger partial charge is 0.372 e. The van der Waals surface area contributed by atoms with Crippen molar-refractivity contribution in [1.29, 1.82) is 0 Å². The molecule has 7 nitrogen and oxygen atoms in total. The molecule has 154 valence electrons. The highest BCUT2D eigenvalue weighted by molar-refractivity contribution is 6.13. The summed E-state index contributed by atoms with van der Waals surface area (Å²) >= 11 is 11.1. The number of imidazole rings is 1. The molecular weight excluding hydrogens is 397 g/mol. The summed E-state index contributed by atoms with van der Waals surface area (Å²) in [6, 6.07) is 8.24. The second-order valence-electron chi connectivity index (χ2n) is 6.70. The zero-order valence-electron chi connectivity index (χ0n) is 16.6. The maximum absolute atomic E-state index is 5.55. The van der Waals surface area contributed by atoms with Gasteiger partial charge in [-0.2, -0.15) is 0 Å². The van der Waals surface area contributed by atoms with E-state index in [1.54, 1.807) is 0 Å². The van der Waals surface area contributed by atoms with E-state index in [1.165, 1.54) is 5.69 Å². The average molecular weight is 427 g/mol. The first kappa shape index (κ1) is 22.6. The zero-order valence-corrected chi connectivity index (χ0v) is 18.1. The van der Waals surface area contributed by atoms with Crippen LogP contribution >= 0.6 is 23.6 Å². The van der Waals surface area contributed by atoms with E-state index in [1.807, 2.05) is 47.8 Å². The maximum atomic E-state index is 5.55. The standard InChI is InChI=1S/C19H30Cl2N7/c1-26-15-16-27(2)19(26)25-24-17-7-9-18(10-8-17)28(13-5-3-11-22-20)14-6-4-12-23-21/h7-10,15-16,22-23H,3-6,11-14H2,1-2H3/q+1. The third-order valence-electron chi connectivity index (χ3n) is 4.51. The summed E-state index contributed by atoms with van der Waals surface area (Å²) < 4.78 is 3.87. The molecule has 0 unspecified atom stereocenters. The highest BCUT2D eigenvalue weighted by Crippen LogP contribution is 2.22. The third kappa shape index (κ3) is 7.39. The number of anilines is 1. The Morgan fingerprint density at radius 2 is 1.57 bits per heavy atom. The molecule has 0 aliphatic carbocycles. The number of azo groups is 1. The first-order chi connectivity index (χ1) is 13.7. The Morgan fingerprint density at radius 3 is 2.07 bits per heavy atom. The molecule has 28 heavy (non-hydrogen) atoms. The Bertz CT molecular complexity index is 684. The minimum atomic E-state index is 0.798. The lowest BCUT2D eigenvalue weighted by atomic mass is 10.2. The number of benzene rings is 1. The molecule has 1 aromatic carbocycles. The van der Waals surface area contributed by atoms with E-state index < -0.39 is 0 Å². The van der Waals surface area contributed by atoms with Crippen molar-refractivity contribution in [3.05, 3.63) is 36.7 Å². The molecule has 9 heteroatoms. The van der Waals surface area contributed by atoms with Crippen LogP contribution in [-0.4, -0.2) is 30.7 Å². The Hall–Kier alpha value is -1.67. The van der Waals surface area contributed by atoms with Crippen molar-refractivity contribution in [2.45, 2.75) is 25.7 Å². The molecule has 2 rings (SSSR count). The van der Waals surface area contributed by atoms with E-state index in [2.05, 4.69) is 36.9 Å². The van der Waals surface area contributed by atoms with Crippen LogP contribution in [0.25, 0.3) is 0 Å². The number of nitrogens with zero attached hydrogens (tertiary/aromatic N) is 5. The summed E-state index contributed by atoms with van der Waals surface area (Å²) in [4.78, 5) is 7.78. The molecule has 0 aliphatic rings. The Morgan fingerprint density at radius 1 is 0.964 bits per heavy atom. The number of hydrogen-bond donors (Lipinski definition) is 2. The van der Waals surface area contributed by atoms with Gasteiger partial charge in [-0.15, -0.1) is 0 Å². The van der Waals surface area contributed by atoms with E-state index in [9.17, 15) is 0 Å². The SMILES string of the molecule is Cn1cc[n+](C)c1N=Nc1ccc(N(CCCCNCl)CCCCNCl)cc1. The molecule has 2 N–H and O–H groups in total. The van der Waals surface area contributed by atoms with Crippen LogP contribution in [0.15, 0.2) is 46.9 Å². The molecule has 0 spiro atoms. The molecule has 0 amide bonds. The van der Waals surface area contributed by atoms with Gasteiger partial charge in [-0.05, 0) is 73.5 Å². The van der Waals surface area contributed by atoms with Crippen molar-refractivity contribution in [3.63, 3.8) is 0 Å². The second-order valence-corrected chi connectivity index (χ2v) is 7.24. The van der Waals surface area contributed by atoms with Gasteiger partial charge in [-0.25, -0.2) is 18.8 Å². The Labute approximate surface area is 177 Å². The zero-order chi connectivity index (χ0) is 20.2. The van der Waals surface area contributed by atoms with E-state index in [4.69, 9.17) is 23.6 Å². The predicted octanol–water partition coefficient (Wildman–Crippen LogP) is 4.12. The fraction of sp³-hybridized carbons (Fsp3) is 0.526. The topological polar surface area (TPSA) is 60.8 Å². The van der Waals surface area contributed by atoms with Crippen LogP contribution in [0.2, 0.25) is 0 Å². The lowest BCUT2D eigenvalue weighted by molar-refractivity contribution is -0.657. The second kappa shape index (κ2) is 12.7. The van der Waals surface area contributed by atoms with Gasteiger partial charge in [-0.1, -0.05) is 5.11 Å². The third-order valence-corrected chi connectivity index (χ3v) is 4.89. The fourth-order valence-corrected chi connectivity index (χ4v) is 3.18. The molecular formula is C19H30Cl2N7+. The molecule has 0 radical (unpaired) electrons. The predicted molar refractivity (Wildman–Crippen MR) is 116 cm³/mol. The van der Waals surface area contributed by atoms with Gasteiger partial charge in [0.1, 0.15) is 5.69 Å². The van der Waals surface area contributed by atoms with E-state index in [0.29, 0.717) is 0 Å². The summed E-state index contributed by atoms with van der Waals surface area (Å²) in [5.41, 5.74) is 2.03. The van der Waals surface area contributed by atoms with E-state index >= 15 is 0 Å². The van der Waals surface area contributed by atoms with E-state index in [-0.39, 0.29) is 0 Å². The summed E-state index contributed by atoms with van der Waals surface area (Å²) in [5, 5.41) is 8.71. The minimum Gasteiger partial charge on any atom is -0.372 e. The first-order valence-corrected chi connectivity index (χ1v) is 10.4. The van der Waals surface area contributed by atoms with E-state index in [0.717, 1.165) is 63.5 Å². The Kier molecular flexibility index (Phi) is 10.3. The van der Waals surface area contributed by atoms with Gasteiger partial charge in [-0.3, -0.25) is 0 Å². The molecule has 0 saturated carbocycles. The van der Waals surface area contributed by atoms with Crippen LogP contribution in [-0.2, 0) is 14.1 Å². The van der Waals surface area contributed by atoms with Crippen molar-refractivity contribution in [2.24, 2.45) is 24.3 Å². The highest BCUT2D eigenvalue weighted by atomic mass is 35.5. The lowest BCUT2D eigenvalue weighted by Gasteiger charge is -2.25. The summed E-state index contributed by atoms with van der Waals surface area (Å²) in [5.74, 6) is 0.798. The molecule has 1 aromatic heterocycles. The first-order valence-electron chi connectivity index (χ1n) is 9.60. The molecule has 0 saturated heterocycles.